The smallest absolute Gasteiger partial charge is 0.311 e. The molecule has 0 aliphatic rings. The van der Waals surface area contributed by atoms with Gasteiger partial charge in [0.1, 0.15) is 0 Å². The van der Waals surface area contributed by atoms with Crippen LogP contribution in [0.2, 0.25) is 0 Å². The van der Waals surface area contributed by atoms with Crippen molar-refractivity contribution in [2.75, 3.05) is 6.26 Å². The number of nitro benzene ring substituents is 1. The molecule has 0 radical (unpaired) electrons. The number of carboxylic acids is 1. The Morgan fingerprint density at radius 2 is 2.05 bits per heavy atom. The minimum absolute atomic E-state index is 0.00685. The van der Waals surface area contributed by atoms with Gasteiger partial charge in [-0.25, -0.2) is 8.42 Å². The highest BCUT2D eigenvalue weighted by atomic mass is 32.2. The van der Waals surface area contributed by atoms with Crippen LogP contribution in [0.4, 0.5) is 5.69 Å². The number of carbonyl (C=O) groups is 1. The van der Waals surface area contributed by atoms with E-state index >= 15 is 0 Å². The Hall–Kier alpha value is -1.96. The monoisotopic (exact) mass is 287 g/mol. The van der Waals surface area contributed by atoms with Gasteiger partial charge in [0, 0.05) is 17.9 Å². The van der Waals surface area contributed by atoms with E-state index in [9.17, 15) is 23.3 Å². The van der Waals surface area contributed by atoms with Crippen LogP contribution in [-0.4, -0.2) is 30.7 Å². The quantitative estimate of drug-likeness (QED) is 0.649. The van der Waals surface area contributed by atoms with Crippen LogP contribution < -0.4 is 0 Å². The van der Waals surface area contributed by atoms with E-state index < -0.39 is 32.3 Å². The van der Waals surface area contributed by atoms with Crippen LogP contribution in [0.5, 0.6) is 0 Å². The third-order valence-corrected chi connectivity index (χ3v) is 3.82. The molecule has 1 N–H and O–H groups in total. The maximum absolute atomic E-state index is 11.4. The molecule has 0 aliphatic carbocycles. The number of sulfone groups is 1. The molecule has 0 aromatic heterocycles. The SMILES string of the molecule is CCC(C(=O)O)c1ccc(S(C)(=O)=O)cc1[N+](=O)[O-]. The summed E-state index contributed by atoms with van der Waals surface area (Å²) in [6.45, 7) is 1.59. The lowest BCUT2D eigenvalue weighted by molar-refractivity contribution is -0.385. The molecule has 0 amide bonds. The first-order chi connectivity index (χ1) is 8.68. The molecule has 19 heavy (non-hydrogen) atoms. The van der Waals surface area contributed by atoms with Gasteiger partial charge >= 0.3 is 5.97 Å². The Bertz CT molecular complexity index is 622. The Morgan fingerprint density at radius 1 is 1.47 bits per heavy atom. The second-order valence-electron chi connectivity index (χ2n) is 4.05. The first kappa shape index (κ1) is 15.1. The van der Waals surface area contributed by atoms with Gasteiger partial charge in [0.05, 0.1) is 15.7 Å². The van der Waals surface area contributed by atoms with Crippen molar-refractivity contribution in [1.82, 2.24) is 0 Å². The second-order valence-corrected chi connectivity index (χ2v) is 6.06. The van der Waals surface area contributed by atoms with Gasteiger partial charge in [0.2, 0.25) is 0 Å². The zero-order chi connectivity index (χ0) is 14.8. The van der Waals surface area contributed by atoms with E-state index in [1.165, 1.54) is 12.1 Å². The van der Waals surface area contributed by atoms with Gasteiger partial charge in [0.25, 0.3) is 5.69 Å². The summed E-state index contributed by atoms with van der Waals surface area (Å²) in [6, 6.07) is 3.27. The lowest BCUT2D eigenvalue weighted by Crippen LogP contribution is -2.13. The normalized spacial score (nSPS) is 12.9. The topological polar surface area (TPSA) is 115 Å². The van der Waals surface area contributed by atoms with E-state index in [1.807, 2.05) is 0 Å². The van der Waals surface area contributed by atoms with Crippen LogP contribution in [0, 0.1) is 10.1 Å². The van der Waals surface area contributed by atoms with E-state index in [2.05, 4.69) is 0 Å². The Morgan fingerprint density at radius 3 is 2.42 bits per heavy atom. The van der Waals surface area contributed by atoms with Gasteiger partial charge in [-0.15, -0.1) is 0 Å². The number of carboxylic acid groups (broad SMARTS) is 1. The van der Waals surface area contributed by atoms with Crippen molar-refractivity contribution in [1.29, 1.82) is 0 Å². The van der Waals surface area contributed by atoms with Crippen LogP contribution in [-0.2, 0) is 14.6 Å². The number of nitro groups is 1. The number of hydrogen-bond donors (Lipinski definition) is 1. The predicted molar refractivity (Wildman–Crippen MR) is 66.9 cm³/mol. The Kier molecular flexibility index (Phi) is 4.25. The number of hydrogen-bond acceptors (Lipinski definition) is 5. The zero-order valence-corrected chi connectivity index (χ0v) is 11.2. The predicted octanol–water partition coefficient (Wildman–Crippen LogP) is 1.58. The molecule has 1 unspecified atom stereocenters. The molecule has 1 aromatic rings. The fourth-order valence-electron chi connectivity index (χ4n) is 1.73. The van der Waals surface area contributed by atoms with Crippen molar-refractivity contribution < 1.29 is 23.2 Å². The molecule has 8 heteroatoms. The summed E-state index contributed by atoms with van der Waals surface area (Å²) in [5.41, 5.74) is -0.482. The molecular formula is C11H13NO6S. The second kappa shape index (κ2) is 5.35. The van der Waals surface area contributed by atoms with E-state index in [0.717, 1.165) is 12.3 Å². The molecule has 1 atom stereocenters. The van der Waals surface area contributed by atoms with Crippen LogP contribution in [0.25, 0.3) is 0 Å². The van der Waals surface area contributed by atoms with Gasteiger partial charge in [0.15, 0.2) is 9.84 Å². The van der Waals surface area contributed by atoms with Gasteiger partial charge in [-0.05, 0) is 12.5 Å². The average Bonchev–Trinajstić information content (AvgIpc) is 2.28. The van der Waals surface area contributed by atoms with Gasteiger partial charge < -0.3 is 5.11 Å². The molecule has 7 nitrogen and oxygen atoms in total. The minimum atomic E-state index is -3.58. The zero-order valence-electron chi connectivity index (χ0n) is 10.4. The molecule has 1 rings (SSSR count). The van der Waals surface area contributed by atoms with Crippen LogP contribution in [0.1, 0.15) is 24.8 Å². The molecule has 0 saturated heterocycles. The molecule has 0 fully saturated rings. The lowest BCUT2D eigenvalue weighted by atomic mass is 9.95. The van der Waals surface area contributed by atoms with Gasteiger partial charge in [-0.2, -0.15) is 0 Å². The molecule has 0 aliphatic heterocycles. The maximum atomic E-state index is 11.4. The third kappa shape index (κ3) is 3.28. The lowest BCUT2D eigenvalue weighted by Gasteiger charge is -2.11. The summed E-state index contributed by atoms with van der Waals surface area (Å²) in [4.78, 5) is 21.0. The van der Waals surface area contributed by atoms with Crippen molar-refractivity contribution in [3.63, 3.8) is 0 Å². The summed E-state index contributed by atoms with van der Waals surface area (Å²) in [5, 5.41) is 20.0. The van der Waals surface area contributed by atoms with E-state index in [4.69, 9.17) is 5.11 Å². The van der Waals surface area contributed by atoms with Crippen molar-refractivity contribution >= 4 is 21.5 Å². The highest BCUT2D eigenvalue weighted by Gasteiger charge is 2.27. The van der Waals surface area contributed by atoms with Crippen molar-refractivity contribution in [3.8, 4) is 0 Å². The fourth-order valence-corrected chi connectivity index (χ4v) is 2.38. The molecule has 0 spiro atoms. The average molecular weight is 287 g/mol. The van der Waals surface area contributed by atoms with E-state index in [1.54, 1.807) is 6.92 Å². The summed E-state index contributed by atoms with van der Waals surface area (Å²) in [7, 11) is -3.58. The Labute approximate surface area is 109 Å². The fraction of sp³-hybridized carbons (Fsp3) is 0.364. The third-order valence-electron chi connectivity index (χ3n) is 2.71. The molecule has 1 aromatic carbocycles. The van der Waals surface area contributed by atoms with Crippen LogP contribution in [0.15, 0.2) is 23.1 Å². The summed E-state index contributed by atoms with van der Waals surface area (Å²) in [6.07, 6.45) is 1.11. The first-order valence-electron chi connectivity index (χ1n) is 5.39. The minimum Gasteiger partial charge on any atom is -0.481 e. The van der Waals surface area contributed by atoms with Crippen LogP contribution in [0.3, 0.4) is 0 Å². The molecule has 104 valence electrons. The van der Waals surface area contributed by atoms with Crippen molar-refractivity contribution in [3.05, 3.63) is 33.9 Å². The standard InChI is InChI=1S/C11H13NO6S/c1-3-8(11(13)14)9-5-4-7(19(2,17)18)6-10(9)12(15)16/h4-6,8H,3H2,1-2H3,(H,13,14). The van der Waals surface area contributed by atoms with Crippen molar-refractivity contribution in [2.45, 2.75) is 24.2 Å². The Balaban J connectivity index is 3.51. The summed E-state index contributed by atoms with van der Waals surface area (Å²) < 4.78 is 22.7. The number of nitrogens with zero attached hydrogens (tertiary/aromatic N) is 1. The van der Waals surface area contributed by atoms with Gasteiger partial charge in [-0.1, -0.05) is 13.0 Å². The summed E-state index contributed by atoms with van der Waals surface area (Å²) in [5.74, 6) is -2.22. The highest BCUT2D eigenvalue weighted by Crippen LogP contribution is 2.31. The van der Waals surface area contributed by atoms with E-state index in [-0.39, 0.29) is 16.9 Å². The van der Waals surface area contributed by atoms with Gasteiger partial charge in [-0.3, -0.25) is 14.9 Å². The largest absolute Gasteiger partial charge is 0.481 e. The first-order valence-corrected chi connectivity index (χ1v) is 7.28. The molecule has 0 saturated carbocycles. The van der Waals surface area contributed by atoms with Crippen LogP contribution >= 0.6 is 0 Å². The number of rotatable bonds is 5. The van der Waals surface area contributed by atoms with Crippen molar-refractivity contribution in [2.24, 2.45) is 0 Å². The molecule has 0 heterocycles. The number of aliphatic carboxylic acids is 1. The van der Waals surface area contributed by atoms with E-state index in [0.29, 0.717) is 0 Å². The molecule has 0 bridgehead atoms. The summed E-state index contributed by atoms with van der Waals surface area (Å²) >= 11 is 0. The maximum Gasteiger partial charge on any atom is 0.311 e. The highest BCUT2D eigenvalue weighted by molar-refractivity contribution is 7.90. The molecular weight excluding hydrogens is 274 g/mol. The number of benzene rings is 1.